The third-order valence-electron chi connectivity index (χ3n) is 3.64. The minimum absolute atomic E-state index is 0.122. The van der Waals surface area contributed by atoms with Crippen LogP contribution in [0.2, 0.25) is 5.15 Å². The number of anilines is 1. The Balaban J connectivity index is 2.22. The van der Waals surface area contributed by atoms with Crippen LogP contribution >= 0.6 is 11.6 Å². The van der Waals surface area contributed by atoms with Gasteiger partial charge in [-0.25, -0.2) is 9.97 Å². The van der Waals surface area contributed by atoms with Crippen molar-refractivity contribution in [3.8, 4) is 0 Å². The lowest BCUT2D eigenvalue weighted by Crippen LogP contribution is -2.57. The van der Waals surface area contributed by atoms with Gasteiger partial charge in [-0.2, -0.15) is 0 Å². The smallest absolute Gasteiger partial charge is 0.158 e. The SMILES string of the molecule is COCc1nc(Cl)cc(N2CCN(C)C(C)(C)C2)n1. The first kappa shape index (κ1) is 14.5. The first-order valence-corrected chi connectivity index (χ1v) is 6.79. The van der Waals surface area contributed by atoms with Gasteiger partial charge in [0.15, 0.2) is 5.82 Å². The highest BCUT2D eigenvalue weighted by molar-refractivity contribution is 6.29. The van der Waals surface area contributed by atoms with E-state index in [1.165, 1.54) is 0 Å². The van der Waals surface area contributed by atoms with Crippen molar-refractivity contribution in [2.24, 2.45) is 0 Å². The molecule has 106 valence electrons. The van der Waals surface area contributed by atoms with Gasteiger partial charge in [-0.3, -0.25) is 4.90 Å². The minimum Gasteiger partial charge on any atom is -0.377 e. The molecule has 0 aromatic carbocycles. The Morgan fingerprint density at radius 1 is 1.37 bits per heavy atom. The maximum absolute atomic E-state index is 6.06. The summed E-state index contributed by atoms with van der Waals surface area (Å²) in [5, 5.41) is 0.466. The summed E-state index contributed by atoms with van der Waals surface area (Å²) in [6, 6.07) is 1.82. The Morgan fingerprint density at radius 2 is 2.11 bits per heavy atom. The molecule has 19 heavy (non-hydrogen) atoms. The number of rotatable bonds is 3. The number of hydrogen-bond acceptors (Lipinski definition) is 5. The summed E-state index contributed by atoms with van der Waals surface area (Å²) in [4.78, 5) is 13.3. The highest BCUT2D eigenvalue weighted by Crippen LogP contribution is 2.24. The predicted octanol–water partition coefficient (Wildman–Crippen LogP) is 1.81. The molecular weight excluding hydrogens is 264 g/mol. The van der Waals surface area contributed by atoms with Crippen LogP contribution < -0.4 is 4.90 Å². The van der Waals surface area contributed by atoms with E-state index in [0.29, 0.717) is 17.6 Å². The maximum Gasteiger partial charge on any atom is 0.158 e. The highest BCUT2D eigenvalue weighted by Gasteiger charge is 2.31. The van der Waals surface area contributed by atoms with Crippen molar-refractivity contribution >= 4 is 17.4 Å². The second-order valence-corrected chi connectivity index (χ2v) is 5.94. The van der Waals surface area contributed by atoms with E-state index in [0.717, 1.165) is 25.5 Å². The van der Waals surface area contributed by atoms with Crippen LogP contribution in [-0.4, -0.2) is 54.2 Å². The molecule has 6 heteroatoms. The Bertz CT molecular complexity index is 452. The average molecular weight is 285 g/mol. The van der Waals surface area contributed by atoms with Crippen LogP contribution in [0.3, 0.4) is 0 Å². The molecule has 1 aliphatic rings. The predicted molar refractivity (Wildman–Crippen MR) is 76.7 cm³/mol. The number of halogens is 1. The first-order chi connectivity index (χ1) is 8.92. The lowest BCUT2D eigenvalue weighted by molar-refractivity contribution is 0.138. The zero-order chi connectivity index (χ0) is 14.0. The minimum atomic E-state index is 0.122. The van der Waals surface area contributed by atoms with E-state index < -0.39 is 0 Å². The second kappa shape index (κ2) is 5.61. The van der Waals surface area contributed by atoms with Crippen molar-refractivity contribution < 1.29 is 4.74 Å². The van der Waals surface area contributed by atoms with Crippen LogP contribution in [0.25, 0.3) is 0 Å². The molecule has 0 radical (unpaired) electrons. The fraction of sp³-hybridized carbons (Fsp3) is 0.692. The van der Waals surface area contributed by atoms with Crippen LogP contribution in [-0.2, 0) is 11.3 Å². The molecule has 0 spiro atoms. The zero-order valence-corrected chi connectivity index (χ0v) is 12.7. The topological polar surface area (TPSA) is 41.5 Å². The van der Waals surface area contributed by atoms with Crippen LogP contribution in [0.4, 0.5) is 5.82 Å². The molecule has 5 nitrogen and oxygen atoms in total. The molecule has 1 aromatic heterocycles. The summed E-state index contributed by atoms with van der Waals surface area (Å²) in [7, 11) is 3.78. The van der Waals surface area contributed by atoms with Crippen molar-refractivity contribution in [1.82, 2.24) is 14.9 Å². The molecule has 2 rings (SSSR count). The van der Waals surface area contributed by atoms with Crippen LogP contribution in [0, 0.1) is 0 Å². The molecule has 1 fully saturated rings. The molecule has 0 bridgehead atoms. The van der Waals surface area contributed by atoms with Crippen molar-refractivity contribution in [3.63, 3.8) is 0 Å². The lowest BCUT2D eigenvalue weighted by Gasteiger charge is -2.45. The average Bonchev–Trinajstić information content (AvgIpc) is 2.32. The third-order valence-corrected chi connectivity index (χ3v) is 3.84. The van der Waals surface area contributed by atoms with Crippen LogP contribution in [0.1, 0.15) is 19.7 Å². The van der Waals surface area contributed by atoms with Gasteiger partial charge in [0.1, 0.15) is 17.6 Å². The molecule has 0 saturated carbocycles. The van der Waals surface area contributed by atoms with Gasteiger partial charge in [-0.1, -0.05) is 11.6 Å². The van der Waals surface area contributed by atoms with Crippen molar-refractivity contribution in [2.45, 2.75) is 26.0 Å². The molecule has 0 unspecified atom stereocenters. The van der Waals surface area contributed by atoms with Crippen molar-refractivity contribution in [3.05, 3.63) is 17.0 Å². The Hall–Kier alpha value is -0.910. The van der Waals surface area contributed by atoms with Gasteiger partial charge in [-0.05, 0) is 20.9 Å². The molecule has 1 aliphatic heterocycles. The fourth-order valence-electron chi connectivity index (χ4n) is 2.24. The van der Waals surface area contributed by atoms with E-state index in [9.17, 15) is 0 Å². The second-order valence-electron chi connectivity index (χ2n) is 5.55. The summed E-state index contributed by atoms with van der Waals surface area (Å²) >= 11 is 6.06. The highest BCUT2D eigenvalue weighted by atomic mass is 35.5. The Kier molecular flexibility index (Phi) is 4.28. The number of nitrogens with zero attached hydrogens (tertiary/aromatic N) is 4. The summed E-state index contributed by atoms with van der Waals surface area (Å²) < 4.78 is 5.07. The van der Waals surface area contributed by atoms with E-state index >= 15 is 0 Å². The summed E-state index contributed by atoms with van der Waals surface area (Å²) in [5.74, 6) is 1.51. The molecule has 1 aromatic rings. The van der Waals surface area contributed by atoms with Gasteiger partial charge in [0.2, 0.25) is 0 Å². The number of ether oxygens (including phenoxy) is 1. The molecular formula is C13H21ClN4O. The largest absolute Gasteiger partial charge is 0.377 e. The molecule has 0 amide bonds. The van der Waals surface area contributed by atoms with Gasteiger partial charge in [0.05, 0.1) is 0 Å². The lowest BCUT2D eigenvalue weighted by atomic mass is 10.00. The van der Waals surface area contributed by atoms with Gasteiger partial charge in [0, 0.05) is 38.3 Å². The van der Waals surface area contributed by atoms with Crippen molar-refractivity contribution in [2.75, 3.05) is 38.7 Å². The van der Waals surface area contributed by atoms with Crippen LogP contribution in [0.15, 0.2) is 6.07 Å². The number of aromatic nitrogens is 2. The van der Waals surface area contributed by atoms with E-state index in [1.54, 1.807) is 7.11 Å². The fourth-order valence-corrected chi connectivity index (χ4v) is 2.44. The van der Waals surface area contributed by atoms with Gasteiger partial charge < -0.3 is 9.64 Å². The Labute approximate surface area is 119 Å². The zero-order valence-electron chi connectivity index (χ0n) is 12.0. The summed E-state index contributed by atoms with van der Waals surface area (Å²) in [6.45, 7) is 7.72. The van der Waals surface area contributed by atoms with E-state index in [4.69, 9.17) is 16.3 Å². The van der Waals surface area contributed by atoms with Gasteiger partial charge in [0.25, 0.3) is 0 Å². The van der Waals surface area contributed by atoms with E-state index in [-0.39, 0.29) is 5.54 Å². The molecule has 1 saturated heterocycles. The number of hydrogen-bond donors (Lipinski definition) is 0. The summed E-state index contributed by atoms with van der Waals surface area (Å²) in [5.41, 5.74) is 0.122. The molecule has 2 heterocycles. The third kappa shape index (κ3) is 3.35. The number of likely N-dealkylation sites (N-methyl/N-ethyl adjacent to an activating group) is 1. The Morgan fingerprint density at radius 3 is 2.74 bits per heavy atom. The quantitative estimate of drug-likeness (QED) is 0.792. The molecule has 0 atom stereocenters. The number of piperazine rings is 1. The standard InChI is InChI=1S/C13H21ClN4O/c1-13(2)9-18(6-5-17(13)3)12-7-10(14)15-11(16-12)8-19-4/h7H,5-6,8-9H2,1-4H3. The van der Waals surface area contributed by atoms with Crippen LogP contribution in [0.5, 0.6) is 0 Å². The normalized spacial score (nSPS) is 19.7. The molecule has 0 N–H and O–H groups in total. The van der Waals surface area contributed by atoms with Gasteiger partial charge in [-0.15, -0.1) is 0 Å². The first-order valence-electron chi connectivity index (χ1n) is 6.41. The molecule has 0 aliphatic carbocycles. The number of methoxy groups -OCH3 is 1. The van der Waals surface area contributed by atoms with E-state index in [1.807, 2.05) is 6.07 Å². The van der Waals surface area contributed by atoms with E-state index in [2.05, 4.69) is 40.7 Å². The van der Waals surface area contributed by atoms with Crippen molar-refractivity contribution in [1.29, 1.82) is 0 Å². The summed E-state index contributed by atoms with van der Waals surface area (Å²) in [6.07, 6.45) is 0. The van der Waals surface area contributed by atoms with Gasteiger partial charge >= 0.3 is 0 Å². The maximum atomic E-state index is 6.06. The monoisotopic (exact) mass is 284 g/mol.